The average molecular weight is 274 g/mol. The molecule has 0 saturated heterocycles. The van der Waals surface area contributed by atoms with Gasteiger partial charge in [0.2, 0.25) is 0 Å². The lowest BCUT2D eigenvalue weighted by atomic mass is 10.1. The Labute approximate surface area is 112 Å². The van der Waals surface area contributed by atoms with Gasteiger partial charge in [0.1, 0.15) is 0 Å². The minimum Gasteiger partial charge on any atom is -0.493 e. The zero-order valence-corrected chi connectivity index (χ0v) is 11.5. The first-order valence-electron chi connectivity index (χ1n) is 5.27. The molecule has 0 unspecified atom stereocenters. The van der Waals surface area contributed by atoms with E-state index in [1.165, 1.54) is 0 Å². The molecule has 0 aliphatic heterocycles. The Morgan fingerprint density at radius 1 is 1.29 bits per heavy atom. The molecular formula is C12H16ClNO2S. The number of hydrogen-bond donors (Lipinski definition) is 1. The van der Waals surface area contributed by atoms with Crippen LogP contribution in [0.2, 0.25) is 5.02 Å². The third-order valence-corrected chi connectivity index (χ3v) is 2.98. The number of methoxy groups -OCH3 is 2. The minimum atomic E-state index is 0.529. The summed E-state index contributed by atoms with van der Waals surface area (Å²) in [6, 6.07) is 3.65. The van der Waals surface area contributed by atoms with E-state index in [0.717, 1.165) is 24.8 Å². The molecule has 0 aromatic heterocycles. The molecule has 1 rings (SSSR count). The number of nitrogens with two attached hydrogens (primary N) is 1. The molecule has 1 aromatic carbocycles. The van der Waals surface area contributed by atoms with Gasteiger partial charge in [0.25, 0.3) is 0 Å². The van der Waals surface area contributed by atoms with Gasteiger partial charge in [-0.2, -0.15) is 0 Å². The highest BCUT2D eigenvalue weighted by Gasteiger charge is 2.09. The number of halogens is 1. The SMILES string of the molecule is COc1cc(Cl)c(CCCC(N)=S)cc1OC. The van der Waals surface area contributed by atoms with Crippen molar-refractivity contribution in [1.29, 1.82) is 0 Å². The molecule has 0 fully saturated rings. The van der Waals surface area contributed by atoms with Crippen molar-refractivity contribution >= 4 is 28.8 Å². The zero-order chi connectivity index (χ0) is 12.8. The topological polar surface area (TPSA) is 44.5 Å². The van der Waals surface area contributed by atoms with Crippen LogP contribution in [0.5, 0.6) is 11.5 Å². The molecule has 5 heteroatoms. The van der Waals surface area contributed by atoms with Crippen molar-refractivity contribution < 1.29 is 9.47 Å². The molecule has 0 saturated carbocycles. The van der Waals surface area contributed by atoms with Crippen LogP contribution in [-0.4, -0.2) is 19.2 Å². The summed E-state index contributed by atoms with van der Waals surface area (Å²) in [5, 5.41) is 0.672. The highest BCUT2D eigenvalue weighted by molar-refractivity contribution is 7.80. The van der Waals surface area contributed by atoms with Gasteiger partial charge in [0.05, 0.1) is 19.2 Å². The largest absolute Gasteiger partial charge is 0.493 e. The van der Waals surface area contributed by atoms with Crippen molar-refractivity contribution in [3.05, 3.63) is 22.7 Å². The van der Waals surface area contributed by atoms with Crippen LogP contribution in [-0.2, 0) is 6.42 Å². The molecule has 94 valence electrons. The molecular weight excluding hydrogens is 258 g/mol. The second-order valence-corrected chi connectivity index (χ2v) is 4.55. The van der Waals surface area contributed by atoms with Gasteiger partial charge < -0.3 is 15.2 Å². The normalized spacial score (nSPS) is 10.1. The first kappa shape index (κ1) is 14.1. The lowest BCUT2D eigenvalue weighted by molar-refractivity contribution is 0.354. The number of thiocarbonyl (C=S) groups is 1. The second kappa shape index (κ2) is 6.67. The van der Waals surface area contributed by atoms with E-state index in [9.17, 15) is 0 Å². The highest BCUT2D eigenvalue weighted by Crippen LogP contribution is 2.33. The van der Waals surface area contributed by atoms with Crippen molar-refractivity contribution in [2.24, 2.45) is 5.73 Å². The Kier molecular flexibility index (Phi) is 5.51. The summed E-state index contributed by atoms with van der Waals surface area (Å²) < 4.78 is 10.4. The van der Waals surface area contributed by atoms with Crippen LogP contribution in [0.25, 0.3) is 0 Å². The maximum absolute atomic E-state index is 6.15. The van der Waals surface area contributed by atoms with Gasteiger partial charge in [-0.1, -0.05) is 23.8 Å². The molecule has 0 radical (unpaired) electrons. The number of rotatable bonds is 6. The molecule has 0 spiro atoms. The first-order chi connectivity index (χ1) is 8.08. The maximum atomic E-state index is 6.15. The molecule has 0 bridgehead atoms. The smallest absolute Gasteiger partial charge is 0.162 e. The summed E-state index contributed by atoms with van der Waals surface area (Å²) >= 11 is 11.0. The fourth-order valence-electron chi connectivity index (χ4n) is 1.54. The van der Waals surface area contributed by atoms with Crippen molar-refractivity contribution in [1.82, 2.24) is 0 Å². The van der Waals surface area contributed by atoms with E-state index in [-0.39, 0.29) is 0 Å². The van der Waals surface area contributed by atoms with Crippen LogP contribution >= 0.6 is 23.8 Å². The predicted molar refractivity (Wildman–Crippen MR) is 74.3 cm³/mol. The second-order valence-electron chi connectivity index (χ2n) is 3.62. The Balaban J connectivity index is 2.81. The molecule has 17 heavy (non-hydrogen) atoms. The zero-order valence-electron chi connectivity index (χ0n) is 9.96. The van der Waals surface area contributed by atoms with Gasteiger partial charge in [-0.3, -0.25) is 0 Å². The van der Waals surface area contributed by atoms with Gasteiger partial charge in [-0.15, -0.1) is 0 Å². The third kappa shape index (κ3) is 4.06. The monoisotopic (exact) mass is 273 g/mol. The van der Waals surface area contributed by atoms with Gasteiger partial charge in [0.15, 0.2) is 11.5 Å². The van der Waals surface area contributed by atoms with E-state index in [2.05, 4.69) is 0 Å². The van der Waals surface area contributed by atoms with E-state index in [1.807, 2.05) is 6.07 Å². The van der Waals surface area contributed by atoms with Gasteiger partial charge in [-0.05, 0) is 30.9 Å². The molecule has 3 nitrogen and oxygen atoms in total. The maximum Gasteiger partial charge on any atom is 0.162 e. The van der Waals surface area contributed by atoms with Crippen LogP contribution in [0.15, 0.2) is 12.1 Å². The molecule has 2 N–H and O–H groups in total. The van der Waals surface area contributed by atoms with Gasteiger partial charge >= 0.3 is 0 Å². The van der Waals surface area contributed by atoms with Gasteiger partial charge in [-0.25, -0.2) is 0 Å². The van der Waals surface area contributed by atoms with E-state index < -0.39 is 0 Å². The first-order valence-corrected chi connectivity index (χ1v) is 6.05. The van der Waals surface area contributed by atoms with Crippen molar-refractivity contribution in [3.63, 3.8) is 0 Å². The highest BCUT2D eigenvalue weighted by atomic mass is 35.5. The summed E-state index contributed by atoms with van der Waals surface area (Å²) in [6.07, 6.45) is 2.42. The summed E-state index contributed by atoms with van der Waals surface area (Å²) in [6.45, 7) is 0. The van der Waals surface area contributed by atoms with E-state index in [0.29, 0.717) is 21.5 Å². The molecule has 1 aromatic rings. The Morgan fingerprint density at radius 3 is 2.41 bits per heavy atom. The standard InChI is InChI=1S/C12H16ClNO2S/c1-15-10-6-8(4-3-5-12(14)17)9(13)7-11(10)16-2/h6-7H,3-5H2,1-2H3,(H2,14,17). The Bertz CT molecular complexity index is 410. The number of ether oxygens (including phenoxy) is 2. The van der Waals surface area contributed by atoms with Crippen LogP contribution in [0.4, 0.5) is 0 Å². The quantitative estimate of drug-likeness (QED) is 0.810. The van der Waals surface area contributed by atoms with E-state index in [1.54, 1.807) is 20.3 Å². The molecule has 0 aliphatic rings. The molecule has 0 amide bonds. The van der Waals surface area contributed by atoms with Crippen molar-refractivity contribution in [3.8, 4) is 11.5 Å². The van der Waals surface area contributed by atoms with Gasteiger partial charge in [0, 0.05) is 11.1 Å². The molecule has 0 heterocycles. The predicted octanol–water partition coefficient (Wildman–Crippen LogP) is 2.97. The van der Waals surface area contributed by atoms with E-state index in [4.69, 9.17) is 39.0 Å². The van der Waals surface area contributed by atoms with Crippen molar-refractivity contribution in [2.45, 2.75) is 19.3 Å². The summed E-state index contributed by atoms with van der Waals surface area (Å²) in [5.74, 6) is 1.32. The summed E-state index contributed by atoms with van der Waals surface area (Å²) in [4.78, 5) is 0.529. The number of benzene rings is 1. The van der Waals surface area contributed by atoms with Crippen molar-refractivity contribution in [2.75, 3.05) is 14.2 Å². The third-order valence-electron chi connectivity index (χ3n) is 2.42. The van der Waals surface area contributed by atoms with Crippen LogP contribution in [0.1, 0.15) is 18.4 Å². The Hall–Kier alpha value is -1.00. The number of hydrogen-bond acceptors (Lipinski definition) is 3. The average Bonchev–Trinajstić information content (AvgIpc) is 2.30. The fourth-order valence-corrected chi connectivity index (χ4v) is 1.93. The molecule has 0 aliphatic carbocycles. The fraction of sp³-hybridized carbons (Fsp3) is 0.417. The molecule has 0 atom stereocenters. The van der Waals surface area contributed by atoms with E-state index >= 15 is 0 Å². The summed E-state index contributed by atoms with van der Waals surface area (Å²) in [5.41, 5.74) is 6.46. The number of aryl methyl sites for hydroxylation is 1. The lowest BCUT2D eigenvalue weighted by Gasteiger charge is -2.11. The van der Waals surface area contributed by atoms with Crippen LogP contribution < -0.4 is 15.2 Å². The van der Waals surface area contributed by atoms with Crippen LogP contribution in [0.3, 0.4) is 0 Å². The minimum absolute atomic E-state index is 0.529. The Morgan fingerprint density at radius 2 is 1.88 bits per heavy atom. The lowest BCUT2D eigenvalue weighted by Crippen LogP contribution is -2.07. The van der Waals surface area contributed by atoms with Crippen LogP contribution in [0, 0.1) is 0 Å². The summed E-state index contributed by atoms with van der Waals surface area (Å²) in [7, 11) is 3.19.